The van der Waals surface area contributed by atoms with Gasteiger partial charge in [0.15, 0.2) is 9.84 Å². The topological polar surface area (TPSA) is 84.0 Å². The van der Waals surface area contributed by atoms with E-state index in [9.17, 15) is 8.42 Å². The molecule has 0 radical (unpaired) electrons. The zero-order valence-corrected chi connectivity index (χ0v) is 11.7. The lowest BCUT2D eigenvalue weighted by Crippen LogP contribution is -2.21. The number of rotatable bonds is 3. The lowest BCUT2D eigenvalue weighted by molar-refractivity contribution is 0.602. The highest BCUT2D eigenvalue weighted by atomic mass is 79.9. The van der Waals surface area contributed by atoms with Crippen LogP contribution in [0.25, 0.3) is 0 Å². The van der Waals surface area contributed by atoms with Crippen LogP contribution in [0.15, 0.2) is 10.7 Å². The lowest BCUT2D eigenvalue weighted by Gasteiger charge is -2.13. The SMILES string of the molecule is CNc1ncc(Br)c(NC2CCS(=O)(=O)C2)n1. The van der Waals surface area contributed by atoms with Gasteiger partial charge in [0.2, 0.25) is 5.95 Å². The van der Waals surface area contributed by atoms with Crippen molar-refractivity contribution in [2.45, 2.75) is 12.5 Å². The molecule has 8 heteroatoms. The van der Waals surface area contributed by atoms with E-state index in [2.05, 4.69) is 36.5 Å². The smallest absolute Gasteiger partial charge is 0.224 e. The summed E-state index contributed by atoms with van der Waals surface area (Å²) in [5.74, 6) is 1.52. The van der Waals surface area contributed by atoms with Gasteiger partial charge >= 0.3 is 0 Å². The van der Waals surface area contributed by atoms with Crippen LogP contribution < -0.4 is 10.6 Å². The number of sulfone groups is 1. The average molecular weight is 321 g/mol. The molecular weight excluding hydrogens is 308 g/mol. The molecule has 0 saturated carbocycles. The molecule has 17 heavy (non-hydrogen) atoms. The van der Waals surface area contributed by atoms with Crippen LogP contribution in [0.2, 0.25) is 0 Å². The number of hydrogen-bond acceptors (Lipinski definition) is 6. The summed E-state index contributed by atoms with van der Waals surface area (Å²) in [4.78, 5) is 8.26. The molecule has 1 atom stereocenters. The molecule has 0 amide bonds. The fourth-order valence-electron chi connectivity index (χ4n) is 1.69. The van der Waals surface area contributed by atoms with Gasteiger partial charge in [0.25, 0.3) is 0 Å². The van der Waals surface area contributed by atoms with E-state index in [1.54, 1.807) is 13.2 Å². The maximum atomic E-state index is 11.3. The molecule has 1 aromatic rings. The monoisotopic (exact) mass is 320 g/mol. The van der Waals surface area contributed by atoms with E-state index in [0.717, 1.165) is 4.47 Å². The molecule has 0 aliphatic carbocycles. The highest BCUT2D eigenvalue weighted by Gasteiger charge is 2.28. The standard InChI is InChI=1S/C9H13BrN4O2S/c1-11-9-12-4-7(10)8(14-9)13-6-2-3-17(15,16)5-6/h4,6H,2-3,5H2,1H3,(H2,11,12,13,14). The first-order valence-corrected chi connectivity index (χ1v) is 7.79. The summed E-state index contributed by atoms with van der Waals surface area (Å²) in [5.41, 5.74) is 0. The zero-order valence-electron chi connectivity index (χ0n) is 9.27. The highest BCUT2D eigenvalue weighted by Crippen LogP contribution is 2.23. The van der Waals surface area contributed by atoms with E-state index >= 15 is 0 Å². The Morgan fingerprint density at radius 2 is 2.29 bits per heavy atom. The summed E-state index contributed by atoms with van der Waals surface area (Å²) in [7, 11) is -1.15. The van der Waals surface area contributed by atoms with Crippen molar-refractivity contribution in [3.8, 4) is 0 Å². The van der Waals surface area contributed by atoms with Crippen LogP contribution >= 0.6 is 15.9 Å². The molecular formula is C9H13BrN4O2S. The second-order valence-corrected chi connectivity index (χ2v) is 6.97. The Labute approximate surface area is 108 Å². The predicted octanol–water partition coefficient (Wildman–Crippen LogP) is 0.880. The molecule has 1 saturated heterocycles. The number of aromatic nitrogens is 2. The minimum Gasteiger partial charge on any atom is -0.365 e. The van der Waals surface area contributed by atoms with Crippen molar-refractivity contribution in [3.63, 3.8) is 0 Å². The number of halogens is 1. The van der Waals surface area contributed by atoms with Crippen LogP contribution in [-0.4, -0.2) is 43.0 Å². The molecule has 2 N–H and O–H groups in total. The van der Waals surface area contributed by atoms with Crippen LogP contribution in [0.5, 0.6) is 0 Å². The summed E-state index contributed by atoms with van der Waals surface area (Å²) >= 11 is 3.33. The van der Waals surface area contributed by atoms with Gasteiger partial charge in [0, 0.05) is 19.3 Å². The van der Waals surface area contributed by atoms with Gasteiger partial charge in [-0.25, -0.2) is 13.4 Å². The van der Waals surface area contributed by atoms with Gasteiger partial charge in [-0.15, -0.1) is 0 Å². The fourth-order valence-corrected chi connectivity index (χ4v) is 3.67. The van der Waals surface area contributed by atoms with E-state index in [0.29, 0.717) is 18.2 Å². The quantitative estimate of drug-likeness (QED) is 0.860. The minimum absolute atomic E-state index is 0.0732. The third kappa shape index (κ3) is 3.06. The van der Waals surface area contributed by atoms with Crippen molar-refractivity contribution in [3.05, 3.63) is 10.7 Å². The molecule has 0 spiro atoms. The van der Waals surface area contributed by atoms with E-state index < -0.39 is 9.84 Å². The third-order valence-electron chi connectivity index (χ3n) is 2.54. The molecule has 1 aliphatic heterocycles. The van der Waals surface area contributed by atoms with Gasteiger partial charge in [-0.3, -0.25) is 0 Å². The first-order chi connectivity index (χ1) is 8.00. The molecule has 0 bridgehead atoms. The molecule has 2 rings (SSSR count). The molecule has 94 valence electrons. The molecule has 1 aromatic heterocycles. The average Bonchev–Trinajstić information content (AvgIpc) is 2.61. The molecule has 1 fully saturated rings. The minimum atomic E-state index is -2.88. The Morgan fingerprint density at radius 1 is 1.53 bits per heavy atom. The Bertz CT molecular complexity index is 520. The lowest BCUT2D eigenvalue weighted by atomic mass is 10.2. The van der Waals surface area contributed by atoms with Gasteiger partial charge in [-0.05, 0) is 22.4 Å². The summed E-state index contributed by atoms with van der Waals surface area (Å²) in [6, 6.07) is -0.0732. The summed E-state index contributed by atoms with van der Waals surface area (Å²) in [6.45, 7) is 0. The van der Waals surface area contributed by atoms with Crippen molar-refractivity contribution in [2.24, 2.45) is 0 Å². The highest BCUT2D eigenvalue weighted by molar-refractivity contribution is 9.10. The molecule has 1 aliphatic rings. The third-order valence-corrected chi connectivity index (χ3v) is 4.89. The van der Waals surface area contributed by atoms with Gasteiger partial charge in [0.05, 0.1) is 16.0 Å². The van der Waals surface area contributed by atoms with E-state index in [1.165, 1.54) is 0 Å². The van der Waals surface area contributed by atoms with Gasteiger partial charge in [-0.1, -0.05) is 0 Å². The zero-order chi connectivity index (χ0) is 12.5. The number of hydrogen-bond donors (Lipinski definition) is 2. The van der Waals surface area contributed by atoms with Gasteiger partial charge < -0.3 is 10.6 Å². The maximum Gasteiger partial charge on any atom is 0.224 e. The van der Waals surface area contributed by atoms with Crippen molar-refractivity contribution in [1.29, 1.82) is 0 Å². The van der Waals surface area contributed by atoms with Crippen molar-refractivity contribution >= 4 is 37.5 Å². The Kier molecular flexibility index (Phi) is 3.53. The second kappa shape index (κ2) is 4.77. The van der Waals surface area contributed by atoms with Crippen LogP contribution in [0.3, 0.4) is 0 Å². The van der Waals surface area contributed by atoms with Crippen LogP contribution in [0, 0.1) is 0 Å². The van der Waals surface area contributed by atoms with E-state index in [-0.39, 0.29) is 17.5 Å². The van der Waals surface area contributed by atoms with Crippen LogP contribution in [-0.2, 0) is 9.84 Å². The second-order valence-electron chi connectivity index (χ2n) is 3.88. The Morgan fingerprint density at radius 3 is 2.88 bits per heavy atom. The molecule has 2 heterocycles. The largest absolute Gasteiger partial charge is 0.365 e. The van der Waals surface area contributed by atoms with Crippen molar-refractivity contribution in [1.82, 2.24) is 9.97 Å². The van der Waals surface area contributed by atoms with Crippen molar-refractivity contribution < 1.29 is 8.42 Å². The number of anilines is 2. The fraction of sp³-hybridized carbons (Fsp3) is 0.556. The summed E-state index contributed by atoms with van der Waals surface area (Å²) < 4.78 is 23.4. The number of nitrogens with zero attached hydrogens (tertiary/aromatic N) is 2. The van der Waals surface area contributed by atoms with E-state index in [1.807, 2.05) is 0 Å². The van der Waals surface area contributed by atoms with Gasteiger partial charge in [0.1, 0.15) is 5.82 Å². The van der Waals surface area contributed by atoms with Crippen molar-refractivity contribution in [2.75, 3.05) is 29.2 Å². The predicted molar refractivity (Wildman–Crippen MR) is 70.0 cm³/mol. The normalized spacial score (nSPS) is 22.4. The Hall–Kier alpha value is -0.890. The molecule has 0 aromatic carbocycles. The first-order valence-electron chi connectivity index (χ1n) is 5.17. The van der Waals surface area contributed by atoms with Crippen LogP contribution in [0.1, 0.15) is 6.42 Å². The number of nitrogens with one attached hydrogen (secondary N) is 2. The molecule has 6 nitrogen and oxygen atoms in total. The molecule has 1 unspecified atom stereocenters. The summed E-state index contributed by atoms with van der Waals surface area (Å²) in [6.07, 6.45) is 2.25. The Balaban J connectivity index is 2.13. The first kappa shape index (κ1) is 12.6. The van der Waals surface area contributed by atoms with E-state index in [4.69, 9.17) is 0 Å². The summed E-state index contributed by atoms with van der Waals surface area (Å²) in [5, 5.41) is 5.96. The van der Waals surface area contributed by atoms with Crippen LogP contribution in [0.4, 0.5) is 11.8 Å². The maximum absolute atomic E-state index is 11.3. The van der Waals surface area contributed by atoms with Gasteiger partial charge in [-0.2, -0.15) is 4.98 Å².